The van der Waals surface area contributed by atoms with Gasteiger partial charge in [-0.25, -0.2) is 8.78 Å². The summed E-state index contributed by atoms with van der Waals surface area (Å²) in [6.45, 7) is 7.18. The Morgan fingerprint density at radius 2 is 1.91 bits per heavy atom. The van der Waals surface area contributed by atoms with E-state index in [1.807, 2.05) is 13.8 Å². The molecule has 1 aromatic rings. The first-order valence-corrected chi connectivity index (χ1v) is 12.1. The van der Waals surface area contributed by atoms with Gasteiger partial charge in [0.1, 0.15) is 40.9 Å². The normalized spacial score (nSPS) is 22.1. The molecule has 0 fully saturated rings. The van der Waals surface area contributed by atoms with Crippen molar-refractivity contribution in [1.82, 2.24) is 0 Å². The molecule has 0 aromatic heterocycles. The van der Waals surface area contributed by atoms with Gasteiger partial charge in [0, 0.05) is 46.4 Å². The lowest BCUT2D eigenvalue weighted by Crippen LogP contribution is -2.33. The number of rotatable bonds is 11. The number of benzene rings is 1. The van der Waals surface area contributed by atoms with Crippen molar-refractivity contribution in [3.8, 4) is 5.75 Å². The summed E-state index contributed by atoms with van der Waals surface area (Å²) in [6.07, 6.45) is 2.29. The second kappa shape index (κ2) is 12.1. The molecule has 0 saturated heterocycles. The van der Waals surface area contributed by atoms with Gasteiger partial charge in [-0.15, -0.1) is 0 Å². The summed E-state index contributed by atoms with van der Waals surface area (Å²) >= 11 is 0. The van der Waals surface area contributed by atoms with Crippen molar-refractivity contribution in [1.29, 1.82) is 0 Å². The monoisotopic (exact) mass is 471 g/mol. The highest BCUT2D eigenvalue weighted by Gasteiger charge is 2.34. The van der Waals surface area contributed by atoms with Crippen molar-refractivity contribution in [2.24, 2.45) is 17.0 Å². The number of aliphatic hydroxyl groups is 1. The Hall–Kier alpha value is -2.29. The van der Waals surface area contributed by atoms with Gasteiger partial charge in [-0.1, -0.05) is 25.9 Å². The number of hydrogen-bond acceptors (Lipinski definition) is 6. The highest BCUT2D eigenvalue weighted by molar-refractivity contribution is 7.85. The summed E-state index contributed by atoms with van der Waals surface area (Å²) in [5.41, 5.74) is 0.386. The zero-order valence-electron chi connectivity index (χ0n) is 18.8. The van der Waals surface area contributed by atoms with E-state index >= 15 is 0 Å². The van der Waals surface area contributed by atoms with Gasteiger partial charge >= 0.3 is 0 Å². The van der Waals surface area contributed by atoms with Crippen LogP contribution in [0.5, 0.6) is 5.75 Å². The molecule has 1 aliphatic rings. The van der Waals surface area contributed by atoms with E-state index in [0.717, 1.165) is 18.2 Å². The molecule has 0 heterocycles. The van der Waals surface area contributed by atoms with Crippen molar-refractivity contribution in [3.05, 3.63) is 41.7 Å². The molecule has 0 amide bonds. The number of carbonyl (C=O) groups is 1. The summed E-state index contributed by atoms with van der Waals surface area (Å²) in [6, 6.07) is 2.88. The fourth-order valence-corrected chi connectivity index (χ4v) is 4.70. The molecule has 0 spiro atoms. The Kier molecular flexibility index (Phi) is 9.81. The maximum atomic E-state index is 13.3. The lowest BCUT2D eigenvalue weighted by molar-refractivity contribution is -0.122. The van der Waals surface area contributed by atoms with Crippen LogP contribution >= 0.6 is 0 Å². The number of ketones is 1. The summed E-state index contributed by atoms with van der Waals surface area (Å²) in [7, 11) is -0.961. The summed E-state index contributed by atoms with van der Waals surface area (Å²) < 4.78 is 43.9. The fraction of sp³-hybridized carbons (Fsp3) is 0.565. The number of hydrogen-bond donors (Lipinski definition) is 1. The minimum absolute atomic E-state index is 0.0179. The second-order valence-electron chi connectivity index (χ2n) is 7.94. The number of ether oxygens (including phenoxy) is 1. The van der Waals surface area contributed by atoms with Crippen LogP contribution in [0.4, 0.5) is 8.78 Å². The Balaban J connectivity index is 1.98. The van der Waals surface area contributed by atoms with Crippen molar-refractivity contribution in [2.45, 2.75) is 58.3 Å². The average Bonchev–Trinajstić information content (AvgIpc) is 2.70. The van der Waals surface area contributed by atoms with E-state index in [-0.39, 0.29) is 41.5 Å². The van der Waals surface area contributed by atoms with Crippen molar-refractivity contribution in [2.75, 3.05) is 12.4 Å². The number of Topliss-reactive ketones (excluding diaryl/α,β-unsaturated/α-hetero) is 1. The van der Waals surface area contributed by atoms with Gasteiger partial charge in [-0.2, -0.15) is 0 Å². The van der Waals surface area contributed by atoms with Gasteiger partial charge < -0.3 is 14.7 Å². The van der Waals surface area contributed by atoms with E-state index in [0.29, 0.717) is 24.3 Å². The maximum absolute atomic E-state index is 13.3. The largest absolute Gasteiger partial charge is 0.511 e. The van der Waals surface area contributed by atoms with Crippen LogP contribution < -0.4 is 4.74 Å². The minimum Gasteiger partial charge on any atom is -0.511 e. The summed E-state index contributed by atoms with van der Waals surface area (Å²) in [5.74, 6) is -2.15. The first-order valence-electron chi connectivity index (χ1n) is 10.8. The Bertz CT molecular complexity index is 869. The van der Waals surface area contributed by atoms with Crippen LogP contribution in [0.15, 0.2) is 35.2 Å². The molecule has 1 aliphatic carbocycles. The Labute approximate surface area is 190 Å². The van der Waals surface area contributed by atoms with Gasteiger partial charge in [0.25, 0.3) is 0 Å². The number of halogens is 2. The molecule has 32 heavy (non-hydrogen) atoms. The molecular weight excluding hydrogens is 440 g/mol. The third-order valence-corrected chi connectivity index (χ3v) is 6.87. The van der Waals surface area contributed by atoms with Crippen LogP contribution in [0, 0.1) is 23.5 Å². The number of oxime groups is 1. The smallest absolute Gasteiger partial charge is 0.153 e. The number of aliphatic hydroxyl groups excluding tert-OH is 1. The predicted molar refractivity (Wildman–Crippen MR) is 120 cm³/mol. The van der Waals surface area contributed by atoms with Gasteiger partial charge in [-0.05, 0) is 31.8 Å². The van der Waals surface area contributed by atoms with E-state index in [2.05, 4.69) is 5.16 Å². The molecule has 0 bridgehead atoms. The third kappa shape index (κ3) is 7.39. The number of carbonyl (C=O) groups excluding carboxylic acids is 1. The van der Waals surface area contributed by atoms with Crippen molar-refractivity contribution in [3.63, 3.8) is 0 Å². The number of allylic oxidation sites excluding steroid dienone is 2. The fourth-order valence-electron chi connectivity index (χ4n) is 3.67. The highest BCUT2D eigenvalue weighted by Crippen LogP contribution is 2.30. The van der Waals surface area contributed by atoms with Gasteiger partial charge in [0.2, 0.25) is 0 Å². The molecule has 1 N–H and O–H groups in total. The van der Waals surface area contributed by atoms with Gasteiger partial charge in [0.15, 0.2) is 6.61 Å². The lowest BCUT2D eigenvalue weighted by Gasteiger charge is -2.26. The topological polar surface area (TPSA) is 85.2 Å². The molecule has 0 saturated carbocycles. The molecule has 0 radical (unpaired) electrons. The van der Waals surface area contributed by atoms with Crippen LogP contribution in [0.3, 0.4) is 0 Å². The molecule has 1 aromatic carbocycles. The van der Waals surface area contributed by atoms with Crippen LogP contribution in [-0.2, 0) is 20.4 Å². The van der Waals surface area contributed by atoms with Crippen LogP contribution in [0.2, 0.25) is 0 Å². The van der Waals surface area contributed by atoms with Crippen LogP contribution in [0.25, 0.3) is 0 Å². The minimum atomic E-state index is -0.961. The summed E-state index contributed by atoms with van der Waals surface area (Å²) in [5, 5.41) is 14.5. The standard InChI is InChI=1S/C23H31F2NO5S/c1-5-20(26-30-13-14(3)31-19-11-17(24)10-18(25)12-19)23-21(27)8-16(9-22(23)28)7-15(4)32(29)6-2/h8,10-12,14-16,23,27H,5-7,9,13H2,1-4H3. The van der Waals surface area contributed by atoms with E-state index in [4.69, 9.17) is 9.57 Å². The quantitative estimate of drug-likeness (QED) is 0.373. The summed E-state index contributed by atoms with van der Waals surface area (Å²) in [4.78, 5) is 18.0. The highest BCUT2D eigenvalue weighted by atomic mass is 32.2. The molecular formula is C23H31F2NO5S. The zero-order valence-corrected chi connectivity index (χ0v) is 19.7. The van der Waals surface area contributed by atoms with E-state index in [1.54, 1.807) is 19.9 Å². The first kappa shape index (κ1) is 26.0. The molecule has 2 rings (SSSR count). The predicted octanol–water partition coefficient (Wildman–Crippen LogP) is 4.71. The molecule has 0 aliphatic heterocycles. The molecule has 5 atom stereocenters. The third-order valence-electron chi connectivity index (χ3n) is 5.22. The Morgan fingerprint density at radius 3 is 2.47 bits per heavy atom. The van der Waals surface area contributed by atoms with E-state index < -0.39 is 34.5 Å². The van der Waals surface area contributed by atoms with Crippen molar-refractivity contribution < 1.29 is 32.5 Å². The van der Waals surface area contributed by atoms with Gasteiger partial charge in [0.05, 0.1) is 5.71 Å². The zero-order chi connectivity index (χ0) is 23.8. The average molecular weight is 472 g/mol. The van der Waals surface area contributed by atoms with E-state index in [1.165, 1.54) is 0 Å². The lowest BCUT2D eigenvalue weighted by atomic mass is 9.81. The van der Waals surface area contributed by atoms with E-state index in [9.17, 15) is 22.9 Å². The first-order chi connectivity index (χ1) is 15.1. The molecule has 6 nitrogen and oxygen atoms in total. The Morgan fingerprint density at radius 1 is 1.25 bits per heavy atom. The van der Waals surface area contributed by atoms with Crippen LogP contribution in [-0.4, -0.2) is 44.5 Å². The molecule has 5 unspecified atom stereocenters. The molecule has 9 heteroatoms. The number of nitrogens with zero attached hydrogens (tertiary/aromatic N) is 1. The van der Waals surface area contributed by atoms with Crippen LogP contribution in [0.1, 0.15) is 47.0 Å². The SMILES string of the molecule is CCC(=NOCC(C)Oc1cc(F)cc(F)c1)C1C(=O)CC(CC(C)S(=O)CC)C=C1O. The van der Waals surface area contributed by atoms with Gasteiger partial charge in [-0.3, -0.25) is 9.00 Å². The molecule has 178 valence electrons. The van der Waals surface area contributed by atoms with Crippen molar-refractivity contribution >= 4 is 22.3 Å². The second-order valence-corrected chi connectivity index (χ2v) is 10.1. The maximum Gasteiger partial charge on any atom is 0.153 e.